The van der Waals surface area contributed by atoms with Crippen LogP contribution in [0.1, 0.15) is 4.88 Å². The predicted molar refractivity (Wildman–Crippen MR) is 93.9 cm³/mol. The number of nitrogens with one attached hydrogen (secondary N) is 1. The second-order valence-electron chi connectivity index (χ2n) is 4.04. The van der Waals surface area contributed by atoms with Crippen molar-refractivity contribution in [3.05, 3.63) is 44.2 Å². The fourth-order valence-electron chi connectivity index (χ4n) is 1.69. The summed E-state index contributed by atoms with van der Waals surface area (Å²) >= 11 is 19.7. The Labute approximate surface area is 144 Å². The van der Waals surface area contributed by atoms with E-state index in [-0.39, 0.29) is 5.91 Å². The van der Waals surface area contributed by atoms with Gasteiger partial charge >= 0.3 is 0 Å². The van der Waals surface area contributed by atoms with Gasteiger partial charge in [-0.3, -0.25) is 4.79 Å². The summed E-state index contributed by atoms with van der Waals surface area (Å²) in [6.45, 7) is 0. The fraction of sp³-hybridized carbons (Fsp3) is 0. The lowest BCUT2D eigenvalue weighted by molar-refractivity contribution is -0.115. The first-order chi connectivity index (χ1) is 10.0. The highest BCUT2D eigenvalue weighted by molar-refractivity contribution is 8.26. The van der Waals surface area contributed by atoms with Crippen molar-refractivity contribution in [2.45, 2.75) is 0 Å². The van der Waals surface area contributed by atoms with Crippen LogP contribution >= 0.6 is 58.5 Å². The minimum Gasteiger partial charge on any atom is -0.307 e. The largest absolute Gasteiger partial charge is 0.307 e. The van der Waals surface area contributed by atoms with Crippen LogP contribution in [-0.2, 0) is 4.79 Å². The molecule has 1 amide bonds. The van der Waals surface area contributed by atoms with E-state index in [4.69, 9.17) is 35.4 Å². The monoisotopic (exact) mass is 372 g/mol. The zero-order valence-corrected chi connectivity index (χ0v) is 14.2. The van der Waals surface area contributed by atoms with Crippen LogP contribution in [0.3, 0.4) is 0 Å². The molecule has 0 bridgehead atoms. The van der Waals surface area contributed by atoms with Crippen molar-refractivity contribution >= 4 is 74.8 Å². The quantitative estimate of drug-likeness (QED) is 0.617. The highest BCUT2D eigenvalue weighted by Gasteiger charge is 2.22. The molecule has 2 aromatic rings. The summed E-state index contributed by atoms with van der Waals surface area (Å²) in [4.78, 5) is 17.4. The molecule has 1 fully saturated rings. The zero-order valence-electron chi connectivity index (χ0n) is 10.2. The van der Waals surface area contributed by atoms with E-state index in [1.807, 2.05) is 6.07 Å². The molecule has 1 aliphatic rings. The smallest absolute Gasteiger partial charge is 0.263 e. The Kier molecular flexibility index (Phi) is 4.33. The number of thioether (sulfide) groups is 1. The van der Waals surface area contributed by atoms with Gasteiger partial charge in [0.1, 0.15) is 9.33 Å². The summed E-state index contributed by atoms with van der Waals surface area (Å²) in [6.07, 6.45) is 3.47. The number of rotatable bonds is 2. The average molecular weight is 373 g/mol. The van der Waals surface area contributed by atoms with Gasteiger partial charge in [0.2, 0.25) is 0 Å². The maximum absolute atomic E-state index is 11.6. The predicted octanol–water partition coefficient (Wildman–Crippen LogP) is 4.61. The third kappa shape index (κ3) is 3.30. The van der Waals surface area contributed by atoms with Crippen LogP contribution in [0.25, 0.3) is 16.6 Å². The molecule has 2 heterocycles. The molecule has 8 heteroatoms. The van der Waals surface area contributed by atoms with E-state index in [1.165, 1.54) is 23.1 Å². The number of thiocarbonyl (C=S) groups is 1. The first kappa shape index (κ1) is 15.0. The van der Waals surface area contributed by atoms with Gasteiger partial charge in [0, 0.05) is 21.7 Å². The highest BCUT2D eigenvalue weighted by atomic mass is 35.5. The van der Waals surface area contributed by atoms with E-state index in [9.17, 15) is 4.79 Å². The molecule has 1 N–H and O–H groups in total. The van der Waals surface area contributed by atoms with Crippen molar-refractivity contribution in [2.75, 3.05) is 0 Å². The van der Waals surface area contributed by atoms with Gasteiger partial charge in [-0.1, -0.05) is 47.2 Å². The fourth-order valence-corrected chi connectivity index (χ4v) is 4.25. The molecule has 0 atom stereocenters. The molecular formula is C13H6Cl2N2OS3. The Bertz CT molecular complexity index is 785. The van der Waals surface area contributed by atoms with Gasteiger partial charge in [0.25, 0.3) is 5.91 Å². The second-order valence-corrected chi connectivity index (χ2v) is 7.67. The minimum atomic E-state index is -0.176. The Morgan fingerprint density at radius 2 is 2.14 bits per heavy atom. The van der Waals surface area contributed by atoms with Gasteiger partial charge in [0.15, 0.2) is 0 Å². The van der Waals surface area contributed by atoms with Gasteiger partial charge in [-0.05, 0) is 24.3 Å². The first-order valence-electron chi connectivity index (χ1n) is 5.69. The van der Waals surface area contributed by atoms with Crippen molar-refractivity contribution in [3.63, 3.8) is 0 Å². The number of carbonyl (C=O) groups is 1. The van der Waals surface area contributed by atoms with Gasteiger partial charge < -0.3 is 5.32 Å². The lowest BCUT2D eigenvalue weighted by Gasteiger charge is -1.99. The van der Waals surface area contributed by atoms with E-state index in [0.717, 1.165) is 15.4 Å². The van der Waals surface area contributed by atoms with Crippen molar-refractivity contribution < 1.29 is 4.79 Å². The normalized spacial score (nSPS) is 16.6. The van der Waals surface area contributed by atoms with Crippen LogP contribution < -0.4 is 5.32 Å². The number of hydrogen-bond donors (Lipinski definition) is 1. The molecule has 1 saturated heterocycles. The third-order valence-corrected chi connectivity index (χ3v) is 5.29. The number of hydrogen-bond acceptors (Lipinski definition) is 5. The molecule has 0 aliphatic carbocycles. The van der Waals surface area contributed by atoms with Crippen LogP contribution in [0.2, 0.25) is 10.0 Å². The van der Waals surface area contributed by atoms with E-state index < -0.39 is 0 Å². The molecule has 0 radical (unpaired) electrons. The number of nitrogens with zero attached hydrogens (tertiary/aromatic N) is 1. The number of carbonyl (C=O) groups excluding carboxylic acids is 1. The van der Waals surface area contributed by atoms with E-state index in [0.29, 0.717) is 19.3 Å². The summed E-state index contributed by atoms with van der Waals surface area (Å²) in [6, 6.07) is 5.27. The van der Waals surface area contributed by atoms with E-state index >= 15 is 0 Å². The molecule has 3 nitrogen and oxygen atoms in total. The molecule has 21 heavy (non-hydrogen) atoms. The van der Waals surface area contributed by atoms with Crippen molar-refractivity contribution in [1.82, 2.24) is 10.3 Å². The Hall–Kier alpha value is -0.920. The van der Waals surface area contributed by atoms with Gasteiger partial charge in [-0.2, -0.15) is 0 Å². The first-order valence-corrected chi connectivity index (χ1v) is 8.49. The summed E-state index contributed by atoms with van der Waals surface area (Å²) < 4.78 is 0.469. The zero-order chi connectivity index (χ0) is 15.0. The number of amides is 1. The molecule has 1 aliphatic heterocycles. The topological polar surface area (TPSA) is 42.0 Å². The number of aromatic nitrogens is 1. The average Bonchev–Trinajstić information content (AvgIpc) is 2.97. The van der Waals surface area contributed by atoms with Crippen LogP contribution in [0.4, 0.5) is 0 Å². The molecule has 0 unspecified atom stereocenters. The standard InChI is InChI=1S/C13H6Cl2N2OS3/c14-6-1-2-8(9(15)3-6)12-16-5-7(20-12)4-10-11(18)17-13(19)21-10/h1-5H,(H,17,18,19)/b10-4-. The summed E-state index contributed by atoms with van der Waals surface area (Å²) in [7, 11) is 0. The van der Waals surface area contributed by atoms with Crippen molar-refractivity contribution in [3.8, 4) is 10.6 Å². The van der Waals surface area contributed by atoms with Crippen molar-refractivity contribution in [1.29, 1.82) is 0 Å². The van der Waals surface area contributed by atoms with Crippen molar-refractivity contribution in [2.24, 2.45) is 0 Å². The van der Waals surface area contributed by atoms with Gasteiger partial charge in [-0.15, -0.1) is 11.3 Å². The molecule has 106 valence electrons. The lowest BCUT2D eigenvalue weighted by atomic mass is 10.2. The van der Waals surface area contributed by atoms with E-state index in [2.05, 4.69) is 10.3 Å². The maximum atomic E-state index is 11.6. The minimum absolute atomic E-state index is 0.176. The SMILES string of the molecule is O=C1NC(=S)S/C1=C\c1cnc(-c2ccc(Cl)cc2Cl)s1. The molecule has 3 rings (SSSR count). The highest BCUT2D eigenvalue weighted by Crippen LogP contribution is 2.34. The molecule has 1 aromatic heterocycles. The van der Waals surface area contributed by atoms with Gasteiger partial charge in [-0.25, -0.2) is 4.98 Å². The molecular weight excluding hydrogens is 367 g/mol. The number of benzene rings is 1. The summed E-state index contributed by atoms with van der Waals surface area (Å²) in [5.74, 6) is -0.176. The maximum Gasteiger partial charge on any atom is 0.263 e. The van der Waals surface area contributed by atoms with Crippen LogP contribution in [0, 0.1) is 0 Å². The summed E-state index contributed by atoms with van der Waals surface area (Å²) in [5.41, 5.74) is 0.815. The Morgan fingerprint density at radius 3 is 2.81 bits per heavy atom. The molecule has 1 aromatic carbocycles. The van der Waals surface area contributed by atoms with E-state index in [1.54, 1.807) is 24.4 Å². The van der Waals surface area contributed by atoms with Crippen LogP contribution in [0.5, 0.6) is 0 Å². The van der Waals surface area contributed by atoms with Gasteiger partial charge in [0.05, 0.1) is 9.93 Å². The Balaban J connectivity index is 1.92. The van der Waals surface area contributed by atoms with Crippen LogP contribution in [-0.4, -0.2) is 15.2 Å². The molecule has 0 saturated carbocycles. The number of thiazole rings is 1. The molecule has 0 spiro atoms. The summed E-state index contributed by atoms with van der Waals surface area (Å²) in [5, 5.41) is 4.47. The third-order valence-electron chi connectivity index (χ3n) is 2.60. The van der Waals surface area contributed by atoms with Crippen LogP contribution in [0.15, 0.2) is 29.3 Å². The lowest BCUT2D eigenvalue weighted by Crippen LogP contribution is -2.17. The number of halogens is 2. The Morgan fingerprint density at radius 1 is 1.33 bits per heavy atom. The second kappa shape index (κ2) is 6.06.